The normalized spacial score (nSPS) is 11.5. The van der Waals surface area contributed by atoms with Crippen molar-refractivity contribution in [1.29, 1.82) is 0 Å². The zero-order chi connectivity index (χ0) is 13.0. The van der Waals surface area contributed by atoms with E-state index >= 15 is 0 Å². The van der Waals surface area contributed by atoms with Crippen LogP contribution in [0, 0.1) is 5.82 Å². The highest BCUT2D eigenvalue weighted by molar-refractivity contribution is 7.99. The van der Waals surface area contributed by atoms with Gasteiger partial charge in [0.1, 0.15) is 5.82 Å². The zero-order valence-corrected chi connectivity index (χ0v) is 10.1. The van der Waals surface area contributed by atoms with Crippen LogP contribution in [0.1, 0.15) is 5.56 Å². The van der Waals surface area contributed by atoms with Gasteiger partial charge in [-0.05, 0) is 24.3 Å². The minimum absolute atomic E-state index is 0.176. The van der Waals surface area contributed by atoms with E-state index in [1.807, 2.05) is 0 Å². The van der Waals surface area contributed by atoms with Crippen LogP contribution < -0.4 is 0 Å². The molecule has 2 aromatic rings. The second kappa shape index (κ2) is 5.44. The molecule has 0 N–H and O–H groups in total. The lowest BCUT2D eigenvalue weighted by atomic mass is 10.1. The van der Waals surface area contributed by atoms with Crippen molar-refractivity contribution in [1.82, 2.24) is 4.98 Å². The number of halogens is 3. The fourth-order valence-corrected chi connectivity index (χ4v) is 2.21. The average molecular weight is 269 g/mol. The van der Waals surface area contributed by atoms with E-state index in [-0.39, 0.29) is 11.3 Å². The van der Waals surface area contributed by atoms with E-state index in [0.717, 1.165) is 40.9 Å². The Balaban J connectivity index is 2.05. The van der Waals surface area contributed by atoms with Gasteiger partial charge < -0.3 is 0 Å². The Bertz CT molecular complexity index is 499. The molecule has 0 atom stereocenters. The smallest absolute Gasteiger partial charge is 0.265 e. The topological polar surface area (TPSA) is 12.9 Å². The molecule has 1 aromatic heterocycles. The molecule has 5 heteroatoms. The van der Waals surface area contributed by atoms with Crippen molar-refractivity contribution in [2.24, 2.45) is 0 Å². The van der Waals surface area contributed by atoms with E-state index in [9.17, 15) is 13.2 Å². The average Bonchev–Trinajstić information content (AvgIpc) is 2.38. The van der Waals surface area contributed by atoms with Crippen LogP contribution in [0.4, 0.5) is 13.2 Å². The van der Waals surface area contributed by atoms with Gasteiger partial charge in [-0.1, -0.05) is 12.1 Å². The Hall–Kier alpha value is -1.49. The quantitative estimate of drug-likeness (QED) is 0.775. The molecule has 0 saturated heterocycles. The Morgan fingerprint density at radius 1 is 1.00 bits per heavy atom. The van der Waals surface area contributed by atoms with Crippen LogP contribution in [0.5, 0.6) is 0 Å². The molecule has 94 valence electrons. The van der Waals surface area contributed by atoms with E-state index in [4.69, 9.17) is 0 Å². The molecule has 0 saturated carbocycles. The molecule has 0 aliphatic heterocycles. The summed E-state index contributed by atoms with van der Waals surface area (Å²) in [5.41, 5.74) is -0.176. The minimum Gasteiger partial charge on any atom is -0.265 e. The number of pyridine rings is 1. The molecule has 0 bridgehead atoms. The number of thioether (sulfide) groups is 1. The van der Waals surface area contributed by atoms with Crippen molar-refractivity contribution in [2.75, 3.05) is 5.75 Å². The Morgan fingerprint density at radius 2 is 1.61 bits per heavy atom. The predicted octanol–water partition coefficient (Wildman–Crippen LogP) is 4.10. The largest absolute Gasteiger partial charge is 0.282 e. The number of alkyl halides is 2. The van der Waals surface area contributed by atoms with Gasteiger partial charge in [0.25, 0.3) is 5.92 Å². The van der Waals surface area contributed by atoms with Crippen LogP contribution >= 0.6 is 11.8 Å². The molecule has 0 fully saturated rings. The molecule has 0 aliphatic rings. The first kappa shape index (κ1) is 13.0. The zero-order valence-electron chi connectivity index (χ0n) is 9.32. The maximum Gasteiger partial charge on any atom is 0.282 e. The highest BCUT2D eigenvalue weighted by Gasteiger charge is 2.31. The molecule has 1 nitrogen and oxygen atoms in total. The molecule has 2 rings (SSSR count). The molecule has 0 aliphatic carbocycles. The van der Waals surface area contributed by atoms with E-state index in [0.29, 0.717) is 0 Å². The monoisotopic (exact) mass is 269 g/mol. The third-order valence-corrected chi connectivity index (χ3v) is 3.45. The number of aromatic nitrogens is 1. The molecule has 0 unspecified atom stereocenters. The van der Waals surface area contributed by atoms with E-state index in [1.54, 1.807) is 24.5 Å². The number of nitrogens with zero attached hydrogens (tertiary/aromatic N) is 1. The van der Waals surface area contributed by atoms with Crippen molar-refractivity contribution >= 4 is 11.8 Å². The van der Waals surface area contributed by atoms with Gasteiger partial charge in [0, 0.05) is 22.9 Å². The Morgan fingerprint density at radius 3 is 2.22 bits per heavy atom. The van der Waals surface area contributed by atoms with Gasteiger partial charge in [0.2, 0.25) is 0 Å². The van der Waals surface area contributed by atoms with Crippen LogP contribution in [0.2, 0.25) is 0 Å². The highest BCUT2D eigenvalue weighted by atomic mass is 32.2. The summed E-state index contributed by atoms with van der Waals surface area (Å²) in [6.45, 7) is 0. The third kappa shape index (κ3) is 3.26. The maximum atomic E-state index is 13.8. The number of hydrogen-bond acceptors (Lipinski definition) is 2. The van der Waals surface area contributed by atoms with Gasteiger partial charge in [-0.3, -0.25) is 4.98 Å². The molecule has 18 heavy (non-hydrogen) atoms. The Labute approximate surface area is 107 Å². The first-order valence-corrected chi connectivity index (χ1v) is 6.23. The molecular formula is C13H10F3NS. The van der Waals surface area contributed by atoms with Crippen molar-refractivity contribution in [2.45, 2.75) is 10.8 Å². The minimum atomic E-state index is -2.98. The summed E-state index contributed by atoms with van der Waals surface area (Å²) in [6.07, 6.45) is 3.11. The van der Waals surface area contributed by atoms with Crippen LogP contribution in [-0.4, -0.2) is 10.7 Å². The molecule has 0 radical (unpaired) electrons. The molecular weight excluding hydrogens is 259 g/mol. The van der Waals surface area contributed by atoms with Crippen LogP contribution in [0.3, 0.4) is 0 Å². The summed E-state index contributed by atoms with van der Waals surface area (Å²) in [5.74, 6) is -3.89. The lowest BCUT2D eigenvalue weighted by molar-refractivity contribution is 0.0231. The van der Waals surface area contributed by atoms with Crippen LogP contribution in [0.25, 0.3) is 0 Å². The lowest BCUT2D eigenvalue weighted by Crippen LogP contribution is -2.16. The fourth-order valence-electron chi connectivity index (χ4n) is 1.39. The standard InChI is InChI=1S/C13H10F3NS/c14-11-3-1-10(2-4-11)13(15,16)9-18-12-5-7-17-8-6-12/h1-8H,9H2. The van der Waals surface area contributed by atoms with Gasteiger partial charge in [0.05, 0.1) is 5.75 Å². The van der Waals surface area contributed by atoms with Gasteiger partial charge in [-0.15, -0.1) is 11.8 Å². The van der Waals surface area contributed by atoms with E-state index < -0.39 is 11.7 Å². The lowest BCUT2D eigenvalue weighted by Gasteiger charge is -2.16. The van der Waals surface area contributed by atoms with Crippen molar-refractivity contribution in [3.8, 4) is 0 Å². The molecule has 0 amide bonds. The SMILES string of the molecule is Fc1ccc(C(F)(F)CSc2ccncc2)cc1. The van der Waals surface area contributed by atoms with Crippen LogP contribution in [0.15, 0.2) is 53.7 Å². The number of benzene rings is 1. The first-order valence-electron chi connectivity index (χ1n) is 5.25. The summed E-state index contributed by atoms with van der Waals surface area (Å²) in [4.78, 5) is 4.54. The summed E-state index contributed by atoms with van der Waals surface area (Å²) in [5, 5.41) is 0. The maximum absolute atomic E-state index is 13.8. The van der Waals surface area contributed by atoms with Gasteiger partial charge in [0.15, 0.2) is 0 Å². The summed E-state index contributed by atoms with van der Waals surface area (Å²) >= 11 is 1.04. The van der Waals surface area contributed by atoms with Gasteiger partial charge in [-0.25, -0.2) is 13.2 Å². The number of rotatable bonds is 4. The summed E-state index contributed by atoms with van der Waals surface area (Å²) < 4.78 is 40.3. The van der Waals surface area contributed by atoms with Crippen molar-refractivity contribution in [3.63, 3.8) is 0 Å². The fraction of sp³-hybridized carbons (Fsp3) is 0.154. The van der Waals surface area contributed by atoms with Crippen molar-refractivity contribution < 1.29 is 13.2 Å². The third-order valence-electron chi connectivity index (χ3n) is 2.34. The molecule has 1 heterocycles. The number of hydrogen-bond donors (Lipinski definition) is 0. The molecule has 1 aromatic carbocycles. The highest BCUT2D eigenvalue weighted by Crippen LogP contribution is 2.34. The second-order valence-electron chi connectivity index (χ2n) is 3.68. The predicted molar refractivity (Wildman–Crippen MR) is 65.3 cm³/mol. The van der Waals surface area contributed by atoms with Gasteiger partial charge >= 0.3 is 0 Å². The van der Waals surface area contributed by atoms with Gasteiger partial charge in [-0.2, -0.15) is 0 Å². The van der Waals surface area contributed by atoms with E-state index in [1.165, 1.54) is 0 Å². The van der Waals surface area contributed by atoms with E-state index in [2.05, 4.69) is 4.98 Å². The second-order valence-corrected chi connectivity index (χ2v) is 4.73. The van der Waals surface area contributed by atoms with Crippen molar-refractivity contribution in [3.05, 3.63) is 60.2 Å². The summed E-state index contributed by atoms with van der Waals surface area (Å²) in [7, 11) is 0. The molecule has 0 spiro atoms. The summed E-state index contributed by atoms with van der Waals surface area (Å²) in [6, 6.07) is 7.66. The van der Waals surface area contributed by atoms with Crippen LogP contribution in [-0.2, 0) is 5.92 Å². The first-order chi connectivity index (χ1) is 8.58. The Kier molecular flexibility index (Phi) is 3.91.